The van der Waals surface area contributed by atoms with Crippen molar-refractivity contribution in [3.05, 3.63) is 12.5 Å². The quantitative estimate of drug-likeness (QED) is 0.463. The zero-order chi connectivity index (χ0) is 4.12. The first-order valence-electron chi connectivity index (χ1n) is 1.24. The van der Waals surface area contributed by atoms with E-state index in [1.165, 1.54) is 13.4 Å². The zero-order valence-electron chi connectivity index (χ0n) is 3.01. The van der Waals surface area contributed by atoms with Crippen molar-refractivity contribution < 1.29 is 9.84 Å². The minimum Gasteiger partial charge on any atom is -0.512 e. The summed E-state index contributed by atoms with van der Waals surface area (Å²) in [6.45, 7) is 0. The van der Waals surface area contributed by atoms with Gasteiger partial charge in [0.2, 0.25) is 0 Å². The molecule has 0 aromatic carbocycles. The number of aliphatic hydroxyl groups is 1. The van der Waals surface area contributed by atoms with Crippen LogP contribution in [0.3, 0.4) is 0 Å². The maximum Gasteiger partial charge on any atom is 0.117 e. The highest BCUT2D eigenvalue weighted by molar-refractivity contribution is 4.53. The molecule has 2 heteroatoms. The van der Waals surface area contributed by atoms with Crippen LogP contribution in [-0.2, 0) is 4.74 Å². The minimum atomic E-state index is 0.833. The molecule has 0 saturated heterocycles. The standard InChI is InChI=1S/C3H6O2/c1-5-3-2-4/h2-4H,1H3/b3-2+. The summed E-state index contributed by atoms with van der Waals surface area (Å²) in [6.07, 6.45) is 2.01. The molecule has 30 valence electrons. The average Bonchev–Trinajstić information content (AvgIpc) is 1.41. The van der Waals surface area contributed by atoms with Crippen LogP contribution in [-0.4, -0.2) is 12.2 Å². The third kappa shape index (κ3) is 3.34. The molecular formula is C3H6O2. The lowest BCUT2D eigenvalue weighted by atomic mass is 11.1. The summed E-state index contributed by atoms with van der Waals surface area (Å²) in [5.74, 6) is 0. The molecule has 0 aliphatic heterocycles. The molecule has 0 aliphatic rings. The van der Waals surface area contributed by atoms with Gasteiger partial charge in [0.15, 0.2) is 0 Å². The minimum absolute atomic E-state index is 0.833. The van der Waals surface area contributed by atoms with E-state index in [1.807, 2.05) is 0 Å². The maximum absolute atomic E-state index is 7.76. The number of ether oxygens (including phenoxy) is 1. The van der Waals surface area contributed by atoms with Gasteiger partial charge in [-0.2, -0.15) is 0 Å². The van der Waals surface area contributed by atoms with E-state index in [-0.39, 0.29) is 0 Å². The first kappa shape index (κ1) is 4.34. The second kappa shape index (κ2) is 3.34. The Bertz CT molecular complexity index is 31.9. The molecule has 0 aliphatic carbocycles. The fourth-order valence-corrected chi connectivity index (χ4v) is 0.0609. The van der Waals surface area contributed by atoms with Gasteiger partial charge in [-0.1, -0.05) is 0 Å². The van der Waals surface area contributed by atoms with Crippen LogP contribution in [0, 0.1) is 0 Å². The van der Waals surface area contributed by atoms with Crippen LogP contribution < -0.4 is 0 Å². The lowest BCUT2D eigenvalue weighted by molar-refractivity contribution is 0.316. The number of rotatable bonds is 1. The molecule has 5 heavy (non-hydrogen) atoms. The summed E-state index contributed by atoms with van der Waals surface area (Å²) < 4.78 is 4.26. The number of hydrogen-bond acceptors (Lipinski definition) is 2. The molecule has 0 rings (SSSR count). The molecular weight excluding hydrogens is 68.0 g/mol. The van der Waals surface area contributed by atoms with Crippen molar-refractivity contribution in [2.45, 2.75) is 0 Å². The lowest BCUT2D eigenvalue weighted by Gasteiger charge is -1.76. The third-order valence-electron chi connectivity index (χ3n) is 0.197. The first-order chi connectivity index (χ1) is 2.41. The van der Waals surface area contributed by atoms with Crippen LogP contribution in [0.1, 0.15) is 0 Å². The molecule has 0 atom stereocenters. The zero-order valence-corrected chi connectivity index (χ0v) is 3.01. The molecule has 0 radical (unpaired) electrons. The topological polar surface area (TPSA) is 29.5 Å². The third-order valence-corrected chi connectivity index (χ3v) is 0.197. The molecule has 0 fully saturated rings. The Morgan fingerprint density at radius 2 is 2.40 bits per heavy atom. The molecule has 0 aromatic heterocycles. The van der Waals surface area contributed by atoms with E-state index in [4.69, 9.17) is 5.11 Å². The van der Waals surface area contributed by atoms with Crippen molar-refractivity contribution in [3.63, 3.8) is 0 Å². The monoisotopic (exact) mass is 74.0 g/mol. The highest BCUT2D eigenvalue weighted by Crippen LogP contribution is 1.60. The van der Waals surface area contributed by atoms with Gasteiger partial charge in [0, 0.05) is 0 Å². The van der Waals surface area contributed by atoms with Gasteiger partial charge < -0.3 is 9.84 Å². The van der Waals surface area contributed by atoms with Crippen molar-refractivity contribution in [1.82, 2.24) is 0 Å². The van der Waals surface area contributed by atoms with Crippen molar-refractivity contribution in [2.24, 2.45) is 0 Å². The molecule has 1 N–H and O–H groups in total. The highest BCUT2D eigenvalue weighted by atomic mass is 16.5. The number of methoxy groups -OCH3 is 1. The van der Waals surface area contributed by atoms with Gasteiger partial charge in [0.1, 0.15) is 12.5 Å². The Morgan fingerprint density at radius 1 is 1.80 bits per heavy atom. The second-order valence-electron chi connectivity index (χ2n) is 0.521. The molecule has 2 nitrogen and oxygen atoms in total. The van der Waals surface area contributed by atoms with E-state index >= 15 is 0 Å². The Labute approximate surface area is 30.7 Å². The van der Waals surface area contributed by atoms with Crippen LogP contribution >= 0.6 is 0 Å². The first-order valence-corrected chi connectivity index (χ1v) is 1.24. The Hall–Kier alpha value is -0.660. The van der Waals surface area contributed by atoms with Crippen LogP contribution in [0.5, 0.6) is 0 Å². The SMILES string of the molecule is CO/C=C/O. The molecule has 0 aromatic rings. The predicted molar refractivity (Wildman–Crippen MR) is 18.8 cm³/mol. The van der Waals surface area contributed by atoms with Gasteiger partial charge in [0.05, 0.1) is 7.11 Å². The van der Waals surface area contributed by atoms with Gasteiger partial charge in [0.25, 0.3) is 0 Å². The highest BCUT2D eigenvalue weighted by Gasteiger charge is 1.48. The molecule has 0 saturated carbocycles. The molecule has 0 heterocycles. The molecule has 0 bridgehead atoms. The van der Waals surface area contributed by atoms with Crippen molar-refractivity contribution in [1.29, 1.82) is 0 Å². The van der Waals surface area contributed by atoms with Crippen LogP contribution in [0.2, 0.25) is 0 Å². The van der Waals surface area contributed by atoms with Gasteiger partial charge in [-0.15, -0.1) is 0 Å². The summed E-state index contributed by atoms with van der Waals surface area (Å²) >= 11 is 0. The normalized spacial score (nSPS) is 9.00. The summed E-state index contributed by atoms with van der Waals surface area (Å²) in [5, 5.41) is 7.76. The van der Waals surface area contributed by atoms with E-state index in [0.717, 1.165) is 6.26 Å². The lowest BCUT2D eigenvalue weighted by Crippen LogP contribution is -1.59. The van der Waals surface area contributed by atoms with E-state index in [2.05, 4.69) is 4.74 Å². The van der Waals surface area contributed by atoms with E-state index in [1.54, 1.807) is 0 Å². The Morgan fingerprint density at radius 3 is 2.40 bits per heavy atom. The molecule has 0 unspecified atom stereocenters. The van der Waals surface area contributed by atoms with Gasteiger partial charge >= 0.3 is 0 Å². The largest absolute Gasteiger partial charge is 0.512 e. The smallest absolute Gasteiger partial charge is 0.117 e. The van der Waals surface area contributed by atoms with Crippen molar-refractivity contribution >= 4 is 0 Å². The predicted octanol–water partition coefficient (Wildman–Crippen LogP) is 0.662. The average molecular weight is 74.1 g/mol. The van der Waals surface area contributed by atoms with E-state index in [0.29, 0.717) is 0 Å². The van der Waals surface area contributed by atoms with Crippen LogP contribution in [0.25, 0.3) is 0 Å². The number of hydrogen-bond donors (Lipinski definition) is 1. The van der Waals surface area contributed by atoms with E-state index < -0.39 is 0 Å². The molecule has 0 amide bonds. The Balaban J connectivity index is 2.62. The summed E-state index contributed by atoms with van der Waals surface area (Å²) in [4.78, 5) is 0. The van der Waals surface area contributed by atoms with Gasteiger partial charge in [-0.05, 0) is 0 Å². The maximum atomic E-state index is 7.76. The summed E-state index contributed by atoms with van der Waals surface area (Å²) in [5.41, 5.74) is 0. The summed E-state index contributed by atoms with van der Waals surface area (Å²) in [6, 6.07) is 0. The van der Waals surface area contributed by atoms with Gasteiger partial charge in [-0.3, -0.25) is 0 Å². The molecule has 0 spiro atoms. The van der Waals surface area contributed by atoms with Gasteiger partial charge in [-0.25, -0.2) is 0 Å². The van der Waals surface area contributed by atoms with Crippen LogP contribution in [0.15, 0.2) is 12.5 Å². The second-order valence-corrected chi connectivity index (χ2v) is 0.521. The van der Waals surface area contributed by atoms with E-state index in [9.17, 15) is 0 Å². The van der Waals surface area contributed by atoms with Crippen molar-refractivity contribution in [3.8, 4) is 0 Å². The fraction of sp³-hybridized carbons (Fsp3) is 0.333. The van der Waals surface area contributed by atoms with Crippen molar-refractivity contribution in [2.75, 3.05) is 7.11 Å². The summed E-state index contributed by atoms with van der Waals surface area (Å²) in [7, 11) is 1.46. The fourth-order valence-electron chi connectivity index (χ4n) is 0.0609. The number of aliphatic hydroxyl groups excluding tert-OH is 1. The Kier molecular flexibility index (Phi) is 2.90. The van der Waals surface area contributed by atoms with Crippen LogP contribution in [0.4, 0.5) is 0 Å².